The van der Waals surface area contributed by atoms with E-state index in [9.17, 15) is 14.7 Å². The van der Waals surface area contributed by atoms with Crippen molar-refractivity contribution < 1.29 is 23.9 Å². The van der Waals surface area contributed by atoms with E-state index in [4.69, 9.17) is 9.16 Å². The Labute approximate surface area is 184 Å². The summed E-state index contributed by atoms with van der Waals surface area (Å²) in [6.07, 6.45) is -0.137. The Kier molecular flexibility index (Phi) is 7.18. The van der Waals surface area contributed by atoms with Crippen LogP contribution in [-0.4, -0.2) is 56.2 Å². The number of ether oxygens (including phenoxy) is 1. The van der Waals surface area contributed by atoms with Crippen molar-refractivity contribution in [2.24, 2.45) is 0 Å². The Morgan fingerprint density at radius 1 is 0.968 bits per heavy atom. The lowest BCUT2D eigenvalue weighted by molar-refractivity contribution is -0.149. The van der Waals surface area contributed by atoms with Gasteiger partial charge in [-0.1, -0.05) is 81.4 Å². The quantitative estimate of drug-likeness (QED) is 0.668. The summed E-state index contributed by atoms with van der Waals surface area (Å²) in [6.45, 7) is 7.34. The summed E-state index contributed by atoms with van der Waals surface area (Å²) >= 11 is 0. The van der Waals surface area contributed by atoms with Crippen LogP contribution in [0.2, 0.25) is 5.04 Å². The van der Waals surface area contributed by atoms with E-state index < -0.39 is 26.5 Å². The standard InChI is InChI=1S/C24H31NO5Si/c1-24(2,3)31(19-12-6-4-7-13-19,20-14-8-5-9-15-20)29-18-21(22(26)27)30-23(28)25-16-10-11-17-25/h4-9,12-15,21H,10-11,16-18H2,1-3H3,(H,26,27). The third-order valence-electron chi connectivity index (χ3n) is 5.75. The molecule has 0 bridgehead atoms. The highest BCUT2D eigenvalue weighted by Crippen LogP contribution is 2.36. The fraction of sp³-hybridized carbons (Fsp3) is 0.417. The van der Waals surface area contributed by atoms with Crippen molar-refractivity contribution in [1.29, 1.82) is 0 Å². The average Bonchev–Trinajstić information content (AvgIpc) is 3.29. The number of hydrogen-bond donors (Lipinski definition) is 1. The number of carbonyl (C=O) groups excluding carboxylic acids is 1. The molecule has 1 aliphatic heterocycles. The number of likely N-dealkylation sites (tertiary alicyclic amines) is 1. The van der Waals surface area contributed by atoms with E-state index in [0.717, 1.165) is 23.2 Å². The van der Waals surface area contributed by atoms with Gasteiger partial charge in [0.1, 0.15) is 0 Å². The molecular weight excluding hydrogens is 410 g/mol. The minimum atomic E-state index is -2.91. The van der Waals surface area contributed by atoms with Crippen LogP contribution in [0, 0.1) is 0 Å². The first-order valence-electron chi connectivity index (χ1n) is 10.7. The number of carbonyl (C=O) groups is 2. The second kappa shape index (κ2) is 9.66. The number of aliphatic carboxylic acids is 1. The first-order valence-corrected chi connectivity index (χ1v) is 12.6. The lowest BCUT2D eigenvalue weighted by Gasteiger charge is -2.43. The fourth-order valence-corrected chi connectivity index (χ4v) is 8.77. The van der Waals surface area contributed by atoms with Gasteiger partial charge in [0.25, 0.3) is 8.32 Å². The molecule has 0 saturated carbocycles. The molecule has 166 valence electrons. The number of hydrogen-bond acceptors (Lipinski definition) is 4. The van der Waals surface area contributed by atoms with Gasteiger partial charge in [0, 0.05) is 13.1 Å². The van der Waals surface area contributed by atoms with Crippen LogP contribution in [0.1, 0.15) is 33.6 Å². The summed E-state index contributed by atoms with van der Waals surface area (Å²) in [7, 11) is -2.91. The first-order chi connectivity index (χ1) is 14.8. The van der Waals surface area contributed by atoms with E-state index in [0.29, 0.717) is 13.1 Å². The van der Waals surface area contributed by atoms with Crippen molar-refractivity contribution >= 4 is 30.8 Å². The molecule has 6 nitrogen and oxygen atoms in total. The number of carboxylic acid groups (broad SMARTS) is 1. The molecule has 1 N–H and O–H groups in total. The highest BCUT2D eigenvalue weighted by atomic mass is 28.4. The maximum absolute atomic E-state index is 12.4. The third-order valence-corrected chi connectivity index (χ3v) is 10.8. The summed E-state index contributed by atoms with van der Waals surface area (Å²) in [5.41, 5.74) is 0. The Balaban J connectivity index is 1.94. The summed E-state index contributed by atoms with van der Waals surface area (Å²) in [4.78, 5) is 25.9. The highest BCUT2D eigenvalue weighted by molar-refractivity contribution is 6.99. The minimum Gasteiger partial charge on any atom is -0.478 e. The zero-order valence-corrected chi connectivity index (χ0v) is 19.4. The SMILES string of the molecule is CC(C)(C)[Si](OCC(OC(=O)N1CCCC1)C(=O)O)(c1ccccc1)c1ccccc1. The molecule has 0 radical (unpaired) electrons. The topological polar surface area (TPSA) is 76.1 Å². The number of nitrogens with zero attached hydrogens (tertiary/aromatic N) is 1. The number of benzene rings is 2. The third kappa shape index (κ3) is 4.99. The van der Waals surface area contributed by atoms with Gasteiger partial charge in [0.15, 0.2) is 0 Å². The molecule has 1 heterocycles. The van der Waals surface area contributed by atoms with Crippen molar-refractivity contribution in [2.45, 2.75) is 44.8 Å². The van der Waals surface area contributed by atoms with Crippen LogP contribution < -0.4 is 10.4 Å². The van der Waals surface area contributed by atoms with Crippen LogP contribution in [0.15, 0.2) is 60.7 Å². The smallest absolute Gasteiger partial charge is 0.410 e. The Morgan fingerprint density at radius 3 is 1.87 bits per heavy atom. The van der Waals surface area contributed by atoms with Crippen molar-refractivity contribution in [2.75, 3.05) is 19.7 Å². The molecule has 2 aromatic carbocycles. The molecule has 1 fully saturated rings. The van der Waals surface area contributed by atoms with Crippen LogP contribution in [0.4, 0.5) is 4.79 Å². The summed E-state index contributed by atoms with van der Waals surface area (Å²) < 4.78 is 12.0. The van der Waals surface area contributed by atoms with Crippen molar-refractivity contribution in [3.8, 4) is 0 Å². The Morgan fingerprint density at radius 2 is 1.45 bits per heavy atom. The fourth-order valence-electron chi connectivity index (χ4n) is 4.21. The van der Waals surface area contributed by atoms with Crippen LogP contribution in [0.25, 0.3) is 0 Å². The largest absolute Gasteiger partial charge is 0.478 e. The molecule has 1 atom stereocenters. The molecule has 0 aromatic heterocycles. The van der Waals surface area contributed by atoms with Crippen LogP contribution in [-0.2, 0) is 14.0 Å². The molecule has 7 heteroatoms. The Hall–Kier alpha value is -2.64. The van der Waals surface area contributed by atoms with Gasteiger partial charge in [0.05, 0.1) is 6.61 Å². The maximum atomic E-state index is 12.4. The maximum Gasteiger partial charge on any atom is 0.410 e. The average molecular weight is 442 g/mol. The lowest BCUT2D eigenvalue weighted by Crippen LogP contribution is -2.67. The van der Waals surface area contributed by atoms with Gasteiger partial charge in [-0.15, -0.1) is 0 Å². The van der Waals surface area contributed by atoms with Gasteiger partial charge < -0.3 is 19.2 Å². The lowest BCUT2D eigenvalue weighted by atomic mass is 10.2. The molecule has 0 spiro atoms. The summed E-state index contributed by atoms with van der Waals surface area (Å²) in [5, 5.41) is 11.5. The van der Waals surface area contributed by atoms with Gasteiger partial charge in [-0.3, -0.25) is 0 Å². The second-order valence-corrected chi connectivity index (χ2v) is 13.2. The van der Waals surface area contributed by atoms with Gasteiger partial charge >= 0.3 is 12.1 Å². The summed E-state index contributed by atoms with van der Waals surface area (Å²) in [6, 6.07) is 19.9. The van der Waals surface area contributed by atoms with Crippen molar-refractivity contribution in [1.82, 2.24) is 4.90 Å². The molecule has 1 aliphatic rings. The van der Waals surface area contributed by atoms with Crippen LogP contribution >= 0.6 is 0 Å². The second-order valence-electron chi connectivity index (χ2n) is 8.88. The number of carboxylic acids is 1. The molecule has 31 heavy (non-hydrogen) atoms. The molecular formula is C24H31NO5Si. The Bertz CT molecular complexity index is 836. The summed E-state index contributed by atoms with van der Waals surface area (Å²) in [5.74, 6) is -1.20. The zero-order valence-electron chi connectivity index (χ0n) is 18.4. The first kappa shape index (κ1) is 23.0. The van der Waals surface area contributed by atoms with Crippen LogP contribution in [0.3, 0.4) is 0 Å². The van der Waals surface area contributed by atoms with Gasteiger partial charge in [-0.2, -0.15) is 0 Å². The normalized spacial score (nSPS) is 15.5. The van der Waals surface area contributed by atoms with E-state index in [1.165, 1.54) is 0 Å². The van der Waals surface area contributed by atoms with E-state index in [2.05, 4.69) is 20.8 Å². The van der Waals surface area contributed by atoms with E-state index in [1.54, 1.807) is 4.90 Å². The minimum absolute atomic E-state index is 0.206. The zero-order chi connectivity index (χ0) is 22.5. The molecule has 1 saturated heterocycles. The van der Waals surface area contributed by atoms with Crippen molar-refractivity contribution in [3.63, 3.8) is 0 Å². The van der Waals surface area contributed by atoms with E-state index >= 15 is 0 Å². The monoisotopic (exact) mass is 441 g/mol. The number of amides is 1. The predicted molar refractivity (Wildman–Crippen MR) is 122 cm³/mol. The van der Waals surface area contributed by atoms with Gasteiger partial charge in [-0.25, -0.2) is 9.59 Å². The highest BCUT2D eigenvalue weighted by Gasteiger charge is 2.51. The number of rotatable bonds is 7. The molecule has 0 aliphatic carbocycles. The van der Waals surface area contributed by atoms with E-state index in [-0.39, 0.29) is 11.6 Å². The molecule has 3 rings (SSSR count). The van der Waals surface area contributed by atoms with Gasteiger partial charge in [-0.05, 0) is 28.3 Å². The molecule has 2 aromatic rings. The van der Waals surface area contributed by atoms with Crippen molar-refractivity contribution in [3.05, 3.63) is 60.7 Å². The predicted octanol–water partition coefficient (Wildman–Crippen LogP) is 3.25. The van der Waals surface area contributed by atoms with E-state index in [1.807, 2.05) is 60.7 Å². The molecule has 1 unspecified atom stereocenters. The van der Waals surface area contributed by atoms with Gasteiger partial charge in [0.2, 0.25) is 6.10 Å². The molecule has 1 amide bonds. The van der Waals surface area contributed by atoms with Crippen LogP contribution in [0.5, 0.6) is 0 Å².